The maximum absolute atomic E-state index is 13.4. The molecule has 2 spiro atoms. The van der Waals surface area contributed by atoms with Crippen LogP contribution in [0.1, 0.15) is 121 Å². The highest BCUT2D eigenvalue weighted by atomic mass is 32.2. The van der Waals surface area contributed by atoms with Gasteiger partial charge in [0.05, 0.1) is 24.4 Å². The second kappa shape index (κ2) is 12.5. The van der Waals surface area contributed by atoms with Crippen LogP contribution in [0.5, 0.6) is 5.75 Å². The van der Waals surface area contributed by atoms with E-state index in [2.05, 4.69) is 25.0 Å². The largest absolute Gasteiger partial charge is 0.534 e. The molecule has 1 aromatic carbocycles. The Morgan fingerprint density at radius 1 is 0.981 bits per heavy atom. The van der Waals surface area contributed by atoms with E-state index >= 15 is 0 Å². The lowest BCUT2D eigenvalue weighted by atomic mass is 9.36. The van der Waals surface area contributed by atoms with Gasteiger partial charge in [0.15, 0.2) is 12.1 Å². The van der Waals surface area contributed by atoms with Crippen LogP contribution < -0.4 is 4.18 Å². The first-order valence-electron chi connectivity index (χ1n) is 19.4. The first kappa shape index (κ1) is 37.4. The average Bonchev–Trinajstić information content (AvgIpc) is 3.34. The average molecular weight is 757 g/mol. The minimum absolute atomic E-state index is 0.0639. The normalized spacial score (nSPS) is 42.1. The molecule has 0 amide bonds. The van der Waals surface area contributed by atoms with Gasteiger partial charge in [0.1, 0.15) is 5.75 Å². The molecule has 13 heteroatoms. The topological polar surface area (TPSA) is 121 Å². The number of ether oxygens (including phenoxy) is 4. The van der Waals surface area contributed by atoms with Crippen molar-refractivity contribution in [3.63, 3.8) is 0 Å². The number of alkyl halides is 3. The summed E-state index contributed by atoms with van der Waals surface area (Å²) in [4.78, 5) is 0. The van der Waals surface area contributed by atoms with Gasteiger partial charge in [-0.25, -0.2) is 0 Å². The number of hydrogen-bond donors (Lipinski definition) is 2. The number of rotatable bonds is 7. The molecule has 0 bridgehead atoms. The van der Waals surface area contributed by atoms with Gasteiger partial charge in [-0.15, -0.1) is 0 Å². The fourth-order valence-electron chi connectivity index (χ4n) is 12.4. The van der Waals surface area contributed by atoms with Crippen LogP contribution in [-0.2, 0) is 35.5 Å². The Labute approximate surface area is 305 Å². The predicted molar refractivity (Wildman–Crippen MR) is 184 cm³/mol. The Bertz CT molecular complexity index is 1640. The smallest absolute Gasteiger partial charge is 0.389 e. The zero-order chi connectivity index (χ0) is 37.0. The zero-order valence-electron chi connectivity index (χ0n) is 30.6. The first-order chi connectivity index (χ1) is 24.3. The van der Waals surface area contributed by atoms with Crippen molar-refractivity contribution in [1.82, 2.24) is 0 Å². The van der Waals surface area contributed by atoms with Crippen molar-refractivity contribution in [1.29, 1.82) is 0 Å². The summed E-state index contributed by atoms with van der Waals surface area (Å²) in [5, 5.41) is 25.6. The number of aliphatic hydroxyl groups is 2. The molecule has 9 nitrogen and oxygen atoms in total. The molecule has 0 aromatic heterocycles. The molecule has 3 unspecified atom stereocenters. The molecule has 0 radical (unpaired) electrons. The third-order valence-corrected chi connectivity index (χ3v) is 15.9. The highest BCUT2D eigenvalue weighted by molar-refractivity contribution is 7.88. The van der Waals surface area contributed by atoms with E-state index in [4.69, 9.17) is 18.9 Å². The summed E-state index contributed by atoms with van der Waals surface area (Å²) in [5.41, 5.74) is -7.28. The second-order valence-electron chi connectivity index (χ2n) is 18.4. The minimum atomic E-state index is -5.87. The summed E-state index contributed by atoms with van der Waals surface area (Å²) in [5.74, 6) is -0.884. The molecular weight excluding hydrogens is 701 g/mol. The fourth-order valence-corrected chi connectivity index (χ4v) is 12.9. The molecule has 1 aromatic rings. The lowest BCUT2D eigenvalue weighted by molar-refractivity contribution is -0.358. The van der Waals surface area contributed by atoms with Gasteiger partial charge in [0.2, 0.25) is 0 Å². The molecular formula is C39H55F3O9S. The maximum atomic E-state index is 13.4. The van der Waals surface area contributed by atoms with Gasteiger partial charge in [-0.2, -0.15) is 21.6 Å². The van der Waals surface area contributed by atoms with Crippen LogP contribution in [0.2, 0.25) is 0 Å². The van der Waals surface area contributed by atoms with Gasteiger partial charge in [0, 0.05) is 36.9 Å². The Balaban J connectivity index is 1.13. The van der Waals surface area contributed by atoms with E-state index < -0.39 is 49.2 Å². The quantitative estimate of drug-likeness (QED) is 0.170. The molecule has 5 aliphatic carbocycles. The molecule has 6 fully saturated rings. The summed E-state index contributed by atoms with van der Waals surface area (Å²) in [6.45, 7) is 8.65. The Hall–Kier alpha value is -1.48. The Kier molecular flexibility index (Phi) is 9.01. The summed E-state index contributed by atoms with van der Waals surface area (Å²) >= 11 is 0. The van der Waals surface area contributed by atoms with Crippen molar-refractivity contribution in [2.45, 2.75) is 145 Å². The van der Waals surface area contributed by atoms with Gasteiger partial charge in [-0.1, -0.05) is 26.8 Å². The number of fused-ring (bicyclic) bond motifs is 4. The highest BCUT2D eigenvalue weighted by Crippen LogP contribution is 2.75. The van der Waals surface area contributed by atoms with Crippen LogP contribution in [0, 0.1) is 34.0 Å². The molecule has 292 valence electrons. The van der Waals surface area contributed by atoms with Gasteiger partial charge in [-0.3, -0.25) is 0 Å². The third kappa shape index (κ3) is 5.88. The minimum Gasteiger partial charge on any atom is -0.389 e. The highest BCUT2D eigenvalue weighted by Gasteiger charge is 2.73. The molecule has 8 rings (SSSR count). The molecule has 2 aliphatic heterocycles. The summed E-state index contributed by atoms with van der Waals surface area (Å²) in [6.07, 6.45) is 9.51. The van der Waals surface area contributed by atoms with Crippen LogP contribution in [0.25, 0.3) is 0 Å². The standard InChI is InChI=1S/C39H55F3O9S/c1-33(2)23-49-38(50-24-33)16-15-35-20-25-19-26(51-52(45,46)39(40,41)42)8-9-27(25)29-21-34(3)30(28(32(29)35)10-13-37(35,44)22-38)11-14-36(34,43)12-6-18-48-31-7-4-5-17-47-31/h8-9,19,28-32,43-44H,4-7,10-18,20-24H2,1-3H3/t28-,29?,30+,31?,32?,34-,35-,36+,37+/m0/s1. The van der Waals surface area contributed by atoms with Crippen LogP contribution in [0.4, 0.5) is 13.2 Å². The SMILES string of the molecule is CC1(C)COC2(CC[C@@]34Cc5cc(OS(=O)(=O)C(F)(F)F)ccc5C5C[C@@]6(C)[C@H](CC[C@]6(O)CCCOC6CCCCO6)[C@H](CC[C@@]3(O)C2)C54)OC1. The maximum Gasteiger partial charge on any atom is 0.534 e. The molecule has 52 heavy (non-hydrogen) atoms. The predicted octanol–water partition coefficient (Wildman–Crippen LogP) is 7.13. The third-order valence-electron chi connectivity index (χ3n) is 14.9. The van der Waals surface area contributed by atoms with Gasteiger partial charge in [-0.05, 0) is 129 Å². The molecule has 2 N–H and O–H groups in total. The molecule has 4 saturated carbocycles. The van der Waals surface area contributed by atoms with Crippen molar-refractivity contribution in [2.75, 3.05) is 26.4 Å². The van der Waals surface area contributed by atoms with Crippen LogP contribution in [0.3, 0.4) is 0 Å². The van der Waals surface area contributed by atoms with Crippen molar-refractivity contribution in [3.8, 4) is 5.75 Å². The van der Waals surface area contributed by atoms with E-state index in [-0.39, 0.29) is 35.4 Å². The lowest BCUT2D eigenvalue weighted by Gasteiger charge is -2.70. The zero-order valence-corrected chi connectivity index (χ0v) is 31.5. The summed E-state index contributed by atoms with van der Waals surface area (Å²) in [7, 11) is -5.87. The van der Waals surface area contributed by atoms with Crippen molar-refractivity contribution < 1.29 is 54.9 Å². The molecule has 7 aliphatic rings. The second-order valence-corrected chi connectivity index (χ2v) is 20.0. The number of halogens is 3. The van der Waals surface area contributed by atoms with Gasteiger partial charge < -0.3 is 33.3 Å². The molecule has 9 atom stereocenters. The lowest BCUT2D eigenvalue weighted by Crippen LogP contribution is -2.71. The fraction of sp³-hybridized carbons (Fsp3) is 0.846. The van der Waals surface area contributed by atoms with Crippen molar-refractivity contribution in [3.05, 3.63) is 29.3 Å². The van der Waals surface area contributed by atoms with E-state index in [0.717, 1.165) is 37.7 Å². The van der Waals surface area contributed by atoms with E-state index in [1.165, 1.54) is 12.1 Å². The molecule has 2 saturated heterocycles. The monoisotopic (exact) mass is 756 g/mol. The van der Waals surface area contributed by atoms with E-state index in [1.54, 1.807) is 6.07 Å². The summed E-state index contributed by atoms with van der Waals surface area (Å²) < 4.78 is 93.6. The van der Waals surface area contributed by atoms with E-state index in [0.29, 0.717) is 89.8 Å². The van der Waals surface area contributed by atoms with Crippen molar-refractivity contribution >= 4 is 10.1 Å². The Morgan fingerprint density at radius 3 is 2.46 bits per heavy atom. The van der Waals surface area contributed by atoms with E-state index in [1.807, 2.05) is 0 Å². The van der Waals surface area contributed by atoms with Gasteiger partial charge >= 0.3 is 15.6 Å². The van der Waals surface area contributed by atoms with Crippen LogP contribution >= 0.6 is 0 Å². The Morgan fingerprint density at radius 2 is 1.75 bits per heavy atom. The van der Waals surface area contributed by atoms with Crippen molar-refractivity contribution in [2.24, 2.45) is 34.0 Å². The number of hydrogen-bond acceptors (Lipinski definition) is 9. The first-order valence-corrected chi connectivity index (χ1v) is 20.8. The summed E-state index contributed by atoms with van der Waals surface area (Å²) in [6, 6.07) is 4.49. The van der Waals surface area contributed by atoms with E-state index in [9.17, 15) is 31.8 Å². The molecule has 2 heterocycles. The number of benzene rings is 1. The van der Waals surface area contributed by atoms with Gasteiger partial charge in [0.25, 0.3) is 0 Å². The van der Waals surface area contributed by atoms with Crippen LogP contribution in [-0.4, -0.2) is 73.8 Å². The van der Waals surface area contributed by atoms with Crippen LogP contribution in [0.15, 0.2) is 18.2 Å².